The van der Waals surface area contributed by atoms with E-state index in [-0.39, 0.29) is 23.0 Å². The van der Waals surface area contributed by atoms with Gasteiger partial charge < -0.3 is 14.8 Å². The van der Waals surface area contributed by atoms with E-state index >= 15 is 0 Å². The van der Waals surface area contributed by atoms with Gasteiger partial charge in [-0.1, -0.05) is 19.9 Å². The molecular weight excluding hydrogens is 350 g/mol. The molecule has 1 aromatic carbocycles. The lowest BCUT2D eigenvalue weighted by Crippen LogP contribution is -2.28. The fourth-order valence-corrected chi connectivity index (χ4v) is 2.80. The van der Waals surface area contributed by atoms with Crippen LogP contribution in [0.3, 0.4) is 0 Å². The van der Waals surface area contributed by atoms with E-state index in [0.717, 1.165) is 63.0 Å². The Labute approximate surface area is 171 Å². The van der Waals surface area contributed by atoms with Crippen molar-refractivity contribution in [2.45, 2.75) is 97.7 Å². The standard InChI is InChI=1S/C24H39NO3/c1-7-23(3,4)27-20-15-14-18(21(17-20)28-24(5,6)8-2)11-9-10-16-25-22(26)19-12-13-19/h14-15,17,19H,7-13,16H2,1-6H3,(H,25,26). The Kier molecular flexibility index (Phi) is 7.79. The van der Waals surface area contributed by atoms with E-state index in [0.29, 0.717) is 0 Å². The normalized spacial score (nSPS) is 14.6. The van der Waals surface area contributed by atoms with Gasteiger partial charge >= 0.3 is 0 Å². The molecule has 1 saturated carbocycles. The Morgan fingerprint density at radius 1 is 1.04 bits per heavy atom. The van der Waals surface area contributed by atoms with Crippen molar-refractivity contribution in [2.75, 3.05) is 6.54 Å². The van der Waals surface area contributed by atoms with E-state index in [1.165, 1.54) is 5.56 Å². The van der Waals surface area contributed by atoms with Gasteiger partial charge in [0.1, 0.15) is 22.7 Å². The van der Waals surface area contributed by atoms with Crippen LogP contribution >= 0.6 is 0 Å². The molecule has 0 unspecified atom stereocenters. The van der Waals surface area contributed by atoms with Crippen molar-refractivity contribution in [3.63, 3.8) is 0 Å². The van der Waals surface area contributed by atoms with Crippen LogP contribution in [0.2, 0.25) is 0 Å². The summed E-state index contributed by atoms with van der Waals surface area (Å²) in [6.45, 7) is 13.5. The van der Waals surface area contributed by atoms with Crippen LogP contribution in [0.15, 0.2) is 18.2 Å². The molecule has 0 atom stereocenters. The Morgan fingerprint density at radius 2 is 1.68 bits per heavy atom. The zero-order valence-corrected chi connectivity index (χ0v) is 18.7. The first kappa shape index (κ1) is 22.6. The molecular formula is C24H39NO3. The minimum absolute atomic E-state index is 0.196. The van der Waals surface area contributed by atoms with Crippen molar-refractivity contribution in [3.8, 4) is 11.5 Å². The highest BCUT2D eigenvalue weighted by Crippen LogP contribution is 2.32. The Balaban J connectivity index is 1.98. The fourth-order valence-electron chi connectivity index (χ4n) is 2.80. The highest BCUT2D eigenvalue weighted by atomic mass is 16.5. The van der Waals surface area contributed by atoms with E-state index in [1.54, 1.807) is 0 Å². The molecule has 0 aromatic heterocycles. The Bertz CT molecular complexity index is 647. The lowest BCUT2D eigenvalue weighted by Gasteiger charge is -2.29. The van der Waals surface area contributed by atoms with Gasteiger partial charge in [0, 0.05) is 18.5 Å². The summed E-state index contributed by atoms with van der Waals surface area (Å²) in [4.78, 5) is 11.7. The van der Waals surface area contributed by atoms with Gasteiger partial charge in [-0.05, 0) is 84.3 Å². The number of benzene rings is 1. The molecule has 1 aliphatic rings. The van der Waals surface area contributed by atoms with Crippen LogP contribution in [0.4, 0.5) is 0 Å². The maximum atomic E-state index is 11.7. The molecule has 1 fully saturated rings. The topological polar surface area (TPSA) is 47.6 Å². The molecule has 4 nitrogen and oxygen atoms in total. The minimum Gasteiger partial charge on any atom is -0.488 e. The first-order chi connectivity index (χ1) is 13.2. The van der Waals surface area contributed by atoms with E-state index in [1.807, 2.05) is 12.1 Å². The van der Waals surface area contributed by atoms with Crippen LogP contribution in [0, 0.1) is 5.92 Å². The van der Waals surface area contributed by atoms with Crippen LogP contribution in [-0.2, 0) is 11.2 Å². The van der Waals surface area contributed by atoms with Crippen molar-refractivity contribution in [3.05, 3.63) is 23.8 Å². The predicted octanol–water partition coefficient (Wildman–Crippen LogP) is 5.67. The summed E-state index contributed by atoms with van der Waals surface area (Å²) in [6, 6.07) is 6.22. The van der Waals surface area contributed by atoms with E-state index in [9.17, 15) is 4.79 Å². The molecule has 158 valence electrons. The lowest BCUT2D eigenvalue weighted by molar-refractivity contribution is -0.122. The molecule has 1 aromatic rings. The van der Waals surface area contributed by atoms with E-state index in [4.69, 9.17) is 9.47 Å². The molecule has 1 N–H and O–H groups in total. The van der Waals surface area contributed by atoms with Gasteiger partial charge in [-0.3, -0.25) is 4.79 Å². The number of rotatable bonds is 12. The van der Waals surface area contributed by atoms with Gasteiger partial charge in [0.25, 0.3) is 0 Å². The lowest BCUT2D eigenvalue weighted by atomic mass is 10.0. The molecule has 28 heavy (non-hydrogen) atoms. The second-order valence-corrected chi connectivity index (χ2v) is 9.22. The number of carbonyl (C=O) groups is 1. The van der Waals surface area contributed by atoms with Gasteiger partial charge in [0.05, 0.1) is 0 Å². The number of ether oxygens (including phenoxy) is 2. The van der Waals surface area contributed by atoms with Gasteiger partial charge in [-0.2, -0.15) is 0 Å². The highest BCUT2D eigenvalue weighted by molar-refractivity contribution is 5.80. The van der Waals surface area contributed by atoms with Crippen molar-refractivity contribution >= 4 is 5.91 Å². The van der Waals surface area contributed by atoms with Gasteiger partial charge in [0.15, 0.2) is 0 Å². The zero-order chi connectivity index (χ0) is 20.8. The minimum atomic E-state index is -0.216. The summed E-state index contributed by atoms with van der Waals surface area (Å²) >= 11 is 0. The highest BCUT2D eigenvalue weighted by Gasteiger charge is 2.29. The number of hydrogen-bond acceptors (Lipinski definition) is 3. The van der Waals surface area contributed by atoms with Crippen LogP contribution in [0.1, 0.15) is 85.6 Å². The average Bonchev–Trinajstić information content (AvgIpc) is 3.47. The largest absolute Gasteiger partial charge is 0.488 e. The molecule has 0 heterocycles. The maximum Gasteiger partial charge on any atom is 0.223 e. The fraction of sp³-hybridized carbons (Fsp3) is 0.708. The molecule has 0 bridgehead atoms. The molecule has 1 amide bonds. The molecule has 0 saturated heterocycles. The SMILES string of the molecule is CCC(C)(C)Oc1ccc(CCCCNC(=O)C2CC2)c(OC(C)(C)CC)c1. The van der Waals surface area contributed by atoms with Crippen LogP contribution in [-0.4, -0.2) is 23.7 Å². The second kappa shape index (κ2) is 9.67. The zero-order valence-electron chi connectivity index (χ0n) is 18.7. The molecule has 0 radical (unpaired) electrons. The van der Waals surface area contributed by atoms with Crippen LogP contribution in [0.5, 0.6) is 11.5 Å². The van der Waals surface area contributed by atoms with Crippen LogP contribution < -0.4 is 14.8 Å². The van der Waals surface area contributed by atoms with Crippen molar-refractivity contribution < 1.29 is 14.3 Å². The van der Waals surface area contributed by atoms with Crippen molar-refractivity contribution in [1.29, 1.82) is 0 Å². The molecule has 4 heteroatoms. The first-order valence-electron chi connectivity index (χ1n) is 10.9. The first-order valence-corrected chi connectivity index (χ1v) is 10.9. The third-order valence-corrected chi connectivity index (χ3v) is 5.64. The summed E-state index contributed by atoms with van der Waals surface area (Å²) < 4.78 is 12.5. The summed E-state index contributed by atoms with van der Waals surface area (Å²) in [7, 11) is 0. The van der Waals surface area contributed by atoms with Crippen LogP contribution in [0.25, 0.3) is 0 Å². The second-order valence-electron chi connectivity index (χ2n) is 9.22. The molecule has 2 rings (SSSR count). The summed E-state index contributed by atoms with van der Waals surface area (Å²) in [6.07, 6.45) is 6.94. The number of aryl methyl sites for hydroxylation is 1. The molecule has 0 spiro atoms. The number of nitrogens with one attached hydrogen (secondary N) is 1. The number of unbranched alkanes of at least 4 members (excludes halogenated alkanes) is 1. The monoisotopic (exact) mass is 389 g/mol. The summed E-state index contributed by atoms with van der Waals surface area (Å²) in [5.41, 5.74) is 0.793. The summed E-state index contributed by atoms with van der Waals surface area (Å²) in [5, 5.41) is 3.04. The Hall–Kier alpha value is -1.71. The van der Waals surface area contributed by atoms with Gasteiger partial charge in [-0.25, -0.2) is 0 Å². The number of amides is 1. The van der Waals surface area contributed by atoms with Crippen molar-refractivity contribution in [2.24, 2.45) is 5.92 Å². The quantitative estimate of drug-likeness (QED) is 0.469. The predicted molar refractivity (Wildman–Crippen MR) is 115 cm³/mol. The third kappa shape index (κ3) is 7.37. The van der Waals surface area contributed by atoms with Gasteiger partial charge in [0.2, 0.25) is 5.91 Å². The number of carbonyl (C=O) groups excluding carboxylic acids is 1. The molecule has 1 aliphatic carbocycles. The number of hydrogen-bond donors (Lipinski definition) is 1. The van der Waals surface area contributed by atoms with E-state index < -0.39 is 0 Å². The average molecular weight is 390 g/mol. The molecule has 0 aliphatic heterocycles. The van der Waals surface area contributed by atoms with Crippen molar-refractivity contribution in [1.82, 2.24) is 5.32 Å². The smallest absolute Gasteiger partial charge is 0.223 e. The van der Waals surface area contributed by atoms with Gasteiger partial charge in [-0.15, -0.1) is 0 Å². The summed E-state index contributed by atoms with van der Waals surface area (Å²) in [5.74, 6) is 2.29. The maximum absolute atomic E-state index is 11.7. The Morgan fingerprint density at radius 3 is 2.29 bits per heavy atom. The van der Waals surface area contributed by atoms with E-state index in [2.05, 4.69) is 52.9 Å². The third-order valence-electron chi connectivity index (χ3n) is 5.64.